The molecule has 0 unspecified atom stereocenters. The SMILES string of the molecule is CCCOc1cccc(NCC=C(C)C)c1[N+](=O)[O-]. The zero-order valence-corrected chi connectivity index (χ0v) is 11.6. The van der Waals surface area contributed by atoms with Gasteiger partial charge in [0.25, 0.3) is 0 Å². The third-order valence-corrected chi connectivity index (χ3v) is 2.45. The predicted octanol–water partition coefficient (Wildman–Crippen LogP) is 3.76. The highest BCUT2D eigenvalue weighted by molar-refractivity contribution is 5.68. The van der Waals surface area contributed by atoms with E-state index in [-0.39, 0.29) is 5.69 Å². The molecule has 0 spiro atoms. The molecule has 0 saturated carbocycles. The maximum absolute atomic E-state index is 11.2. The van der Waals surface area contributed by atoms with Crippen molar-refractivity contribution >= 4 is 11.4 Å². The minimum absolute atomic E-state index is 0.00175. The molecule has 0 saturated heterocycles. The molecule has 0 amide bonds. The Morgan fingerprint density at radius 2 is 2.21 bits per heavy atom. The van der Waals surface area contributed by atoms with Crippen LogP contribution in [0.15, 0.2) is 29.8 Å². The first-order chi connectivity index (χ1) is 9.06. The molecule has 0 aliphatic heterocycles. The number of rotatable bonds is 7. The van der Waals surface area contributed by atoms with Gasteiger partial charge in [-0.05, 0) is 32.4 Å². The fraction of sp³-hybridized carbons (Fsp3) is 0.429. The highest BCUT2D eigenvalue weighted by Gasteiger charge is 2.20. The summed E-state index contributed by atoms with van der Waals surface area (Å²) in [6.45, 7) is 6.95. The number of ether oxygens (including phenoxy) is 1. The molecular weight excluding hydrogens is 244 g/mol. The lowest BCUT2D eigenvalue weighted by atomic mass is 10.2. The minimum Gasteiger partial charge on any atom is -0.487 e. The van der Waals surface area contributed by atoms with Crippen molar-refractivity contribution in [3.63, 3.8) is 0 Å². The van der Waals surface area contributed by atoms with E-state index in [9.17, 15) is 10.1 Å². The van der Waals surface area contributed by atoms with Crippen molar-refractivity contribution in [3.05, 3.63) is 40.0 Å². The maximum Gasteiger partial charge on any atom is 0.333 e. The van der Waals surface area contributed by atoms with E-state index in [2.05, 4.69) is 5.32 Å². The Morgan fingerprint density at radius 3 is 2.79 bits per heavy atom. The lowest BCUT2D eigenvalue weighted by Crippen LogP contribution is -2.05. The number of benzene rings is 1. The third-order valence-electron chi connectivity index (χ3n) is 2.45. The zero-order valence-electron chi connectivity index (χ0n) is 11.6. The number of hydrogen-bond acceptors (Lipinski definition) is 4. The van der Waals surface area contributed by atoms with E-state index in [1.165, 1.54) is 0 Å². The van der Waals surface area contributed by atoms with Crippen molar-refractivity contribution in [2.45, 2.75) is 27.2 Å². The maximum atomic E-state index is 11.2. The Hall–Kier alpha value is -2.04. The molecule has 1 aromatic carbocycles. The molecule has 5 nitrogen and oxygen atoms in total. The van der Waals surface area contributed by atoms with E-state index in [1.807, 2.05) is 26.8 Å². The number of anilines is 1. The second-order valence-electron chi connectivity index (χ2n) is 4.42. The third kappa shape index (κ3) is 4.62. The number of nitro groups is 1. The van der Waals surface area contributed by atoms with E-state index in [0.29, 0.717) is 24.6 Å². The Balaban J connectivity index is 2.96. The van der Waals surface area contributed by atoms with Crippen LogP contribution in [0, 0.1) is 10.1 Å². The number of nitro benzene ring substituents is 1. The van der Waals surface area contributed by atoms with Gasteiger partial charge in [-0.25, -0.2) is 0 Å². The van der Waals surface area contributed by atoms with E-state index >= 15 is 0 Å². The molecule has 104 valence electrons. The molecule has 0 aliphatic rings. The Labute approximate surface area is 113 Å². The molecule has 1 N–H and O–H groups in total. The summed E-state index contributed by atoms with van der Waals surface area (Å²) in [5.74, 6) is 0.314. The molecule has 0 atom stereocenters. The lowest BCUT2D eigenvalue weighted by Gasteiger charge is -2.09. The molecule has 5 heteroatoms. The Bertz CT molecular complexity index is 466. The van der Waals surface area contributed by atoms with Gasteiger partial charge in [-0.15, -0.1) is 0 Å². The molecular formula is C14H20N2O3. The molecule has 0 fully saturated rings. The summed E-state index contributed by atoms with van der Waals surface area (Å²) in [6.07, 6.45) is 2.79. The summed E-state index contributed by atoms with van der Waals surface area (Å²) in [5, 5.41) is 14.2. The average molecular weight is 264 g/mol. The monoisotopic (exact) mass is 264 g/mol. The lowest BCUT2D eigenvalue weighted by molar-refractivity contribution is -0.384. The van der Waals surface area contributed by atoms with E-state index < -0.39 is 4.92 Å². The van der Waals surface area contributed by atoms with E-state index in [4.69, 9.17) is 4.74 Å². The summed E-state index contributed by atoms with van der Waals surface area (Å²) in [5.41, 5.74) is 1.64. The van der Waals surface area contributed by atoms with Crippen LogP contribution in [0.1, 0.15) is 27.2 Å². The van der Waals surface area contributed by atoms with E-state index in [1.54, 1.807) is 18.2 Å². The van der Waals surface area contributed by atoms with Crippen LogP contribution >= 0.6 is 0 Å². The molecule has 0 aromatic heterocycles. The minimum atomic E-state index is -0.407. The highest BCUT2D eigenvalue weighted by atomic mass is 16.6. The van der Waals surface area contributed by atoms with Gasteiger partial charge in [-0.3, -0.25) is 10.1 Å². The van der Waals surface area contributed by atoms with Gasteiger partial charge in [-0.2, -0.15) is 0 Å². The number of hydrogen-bond donors (Lipinski definition) is 1. The van der Waals surface area contributed by atoms with Gasteiger partial charge in [0.15, 0.2) is 5.75 Å². The molecule has 0 radical (unpaired) electrons. The first-order valence-electron chi connectivity index (χ1n) is 6.33. The summed E-state index contributed by atoms with van der Waals surface area (Å²) >= 11 is 0. The zero-order chi connectivity index (χ0) is 14.3. The second kappa shape index (κ2) is 7.41. The normalized spacial score (nSPS) is 9.84. The smallest absolute Gasteiger partial charge is 0.333 e. The molecule has 0 heterocycles. The van der Waals surface area contributed by atoms with Gasteiger partial charge in [0.2, 0.25) is 0 Å². The summed E-state index contributed by atoms with van der Waals surface area (Å²) < 4.78 is 5.42. The molecule has 1 rings (SSSR count). The molecule has 19 heavy (non-hydrogen) atoms. The quantitative estimate of drug-likeness (QED) is 0.462. The van der Waals surface area contributed by atoms with Crippen LogP contribution in [0.5, 0.6) is 5.75 Å². The van der Waals surface area contributed by atoms with Crippen LogP contribution < -0.4 is 10.1 Å². The molecule has 1 aromatic rings. The van der Waals surface area contributed by atoms with Crippen LogP contribution in [0.25, 0.3) is 0 Å². The van der Waals surface area contributed by atoms with Gasteiger partial charge >= 0.3 is 5.69 Å². The number of allylic oxidation sites excluding steroid dienone is 1. The first-order valence-corrected chi connectivity index (χ1v) is 6.33. The fourth-order valence-corrected chi connectivity index (χ4v) is 1.55. The van der Waals surface area contributed by atoms with Gasteiger partial charge in [-0.1, -0.05) is 24.6 Å². The second-order valence-corrected chi connectivity index (χ2v) is 4.42. The highest BCUT2D eigenvalue weighted by Crippen LogP contribution is 2.34. The topological polar surface area (TPSA) is 64.4 Å². The van der Waals surface area contributed by atoms with Crippen molar-refractivity contribution < 1.29 is 9.66 Å². The number of nitrogens with zero attached hydrogens (tertiary/aromatic N) is 1. The van der Waals surface area contributed by atoms with Crippen molar-refractivity contribution in [2.75, 3.05) is 18.5 Å². The average Bonchev–Trinajstić information content (AvgIpc) is 2.35. The number of para-hydroxylation sites is 1. The van der Waals surface area contributed by atoms with Crippen molar-refractivity contribution in [3.8, 4) is 5.75 Å². The predicted molar refractivity (Wildman–Crippen MR) is 76.8 cm³/mol. The van der Waals surface area contributed by atoms with Crippen LogP contribution in [-0.4, -0.2) is 18.1 Å². The largest absolute Gasteiger partial charge is 0.487 e. The standard InChI is InChI=1S/C14H20N2O3/c1-4-10-19-13-7-5-6-12(14(13)16(17)18)15-9-8-11(2)3/h5-8,15H,4,9-10H2,1-3H3. The summed E-state index contributed by atoms with van der Waals surface area (Å²) in [6, 6.07) is 5.07. The fourth-order valence-electron chi connectivity index (χ4n) is 1.55. The van der Waals surface area contributed by atoms with Gasteiger partial charge in [0, 0.05) is 6.54 Å². The van der Waals surface area contributed by atoms with Gasteiger partial charge in [0.05, 0.1) is 11.5 Å². The Kier molecular flexibility index (Phi) is 5.85. The number of nitrogens with one attached hydrogen (secondary N) is 1. The van der Waals surface area contributed by atoms with Crippen molar-refractivity contribution in [1.82, 2.24) is 0 Å². The van der Waals surface area contributed by atoms with Crippen LogP contribution in [0.3, 0.4) is 0 Å². The summed E-state index contributed by atoms with van der Waals surface area (Å²) in [7, 11) is 0. The van der Waals surface area contributed by atoms with Crippen LogP contribution in [-0.2, 0) is 0 Å². The molecule has 0 bridgehead atoms. The van der Waals surface area contributed by atoms with Crippen LogP contribution in [0.2, 0.25) is 0 Å². The first kappa shape index (κ1) is 15.0. The van der Waals surface area contributed by atoms with Crippen molar-refractivity contribution in [1.29, 1.82) is 0 Å². The summed E-state index contributed by atoms with van der Waals surface area (Å²) in [4.78, 5) is 10.8. The van der Waals surface area contributed by atoms with Gasteiger partial charge < -0.3 is 10.1 Å². The van der Waals surface area contributed by atoms with Gasteiger partial charge in [0.1, 0.15) is 5.69 Å². The Morgan fingerprint density at radius 1 is 1.47 bits per heavy atom. The molecule has 0 aliphatic carbocycles. The van der Waals surface area contributed by atoms with Crippen molar-refractivity contribution in [2.24, 2.45) is 0 Å². The van der Waals surface area contributed by atoms with E-state index in [0.717, 1.165) is 12.0 Å². The van der Waals surface area contributed by atoms with Crippen LogP contribution in [0.4, 0.5) is 11.4 Å².